The number of urea groups is 2. The number of benzene rings is 3. The number of hydrogen-bond donors (Lipinski definition) is 5. The fourth-order valence-corrected chi connectivity index (χ4v) is 5.45. The SMILES string of the molecule is CC(C)[C@H](NC(=O)N(C)C)C(=O)N[C@@H](Cc1ccccc1)C(O)CNN(Cc1ccccc1-c1ccccc1)C(=O)[C@@H](NC(=O)N(C)C)C(C)C. The second kappa shape index (κ2) is 19.5. The summed E-state index contributed by atoms with van der Waals surface area (Å²) in [7, 11) is 6.41. The molecule has 0 aliphatic rings. The summed E-state index contributed by atoms with van der Waals surface area (Å²) in [5.41, 5.74) is 6.82. The summed E-state index contributed by atoms with van der Waals surface area (Å²) in [6.45, 7) is 7.40. The molecular formula is C39H55N7O5. The van der Waals surface area contributed by atoms with Gasteiger partial charge < -0.3 is 30.9 Å². The molecule has 1 unspecified atom stereocenters. The summed E-state index contributed by atoms with van der Waals surface area (Å²) in [5, 5.41) is 21.7. The maximum absolute atomic E-state index is 14.3. The maximum Gasteiger partial charge on any atom is 0.317 e. The van der Waals surface area contributed by atoms with Gasteiger partial charge in [0.25, 0.3) is 5.91 Å². The average molecular weight is 702 g/mol. The number of carbonyl (C=O) groups excluding carboxylic acids is 4. The minimum Gasteiger partial charge on any atom is -0.390 e. The number of hydrazine groups is 1. The lowest BCUT2D eigenvalue weighted by molar-refractivity contribution is -0.139. The van der Waals surface area contributed by atoms with Gasteiger partial charge in [0.2, 0.25) is 5.91 Å². The van der Waals surface area contributed by atoms with Gasteiger partial charge in [-0.25, -0.2) is 15.0 Å². The number of rotatable bonds is 16. The molecule has 5 N–H and O–H groups in total. The number of nitrogens with one attached hydrogen (secondary N) is 4. The summed E-state index contributed by atoms with van der Waals surface area (Å²) in [6, 6.07) is 23.7. The second-order valence-electron chi connectivity index (χ2n) is 13.8. The van der Waals surface area contributed by atoms with E-state index in [1.54, 1.807) is 28.2 Å². The van der Waals surface area contributed by atoms with E-state index in [0.717, 1.165) is 22.3 Å². The Bertz CT molecular complexity index is 1570. The fraction of sp³-hybridized carbons (Fsp3) is 0.436. The molecule has 0 aliphatic heterocycles. The first-order chi connectivity index (χ1) is 24.2. The van der Waals surface area contributed by atoms with Crippen LogP contribution in [0.4, 0.5) is 9.59 Å². The van der Waals surface area contributed by atoms with E-state index in [-0.39, 0.29) is 30.8 Å². The maximum atomic E-state index is 14.3. The number of hydrogen-bond acceptors (Lipinski definition) is 6. The van der Waals surface area contributed by atoms with E-state index in [2.05, 4.69) is 21.4 Å². The van der Waals surface area contributed by atoms with Crippen LogP contribution in [0.25, 0.3) is 11.1 Å². The first-order valence-electron chi connectivity index (χ1n) is 17.4. The van der Waals surface area contributed by atoms with Crippen LogP contribution < -0.4 is 21.4 Å². The third-order valence-electron chi connectivity index (χ3n) is 8.53. The molecule has 0 spiro atoms. The van der Waals surface area contributed by atoms with Crippen molar-refractivity contribution in [3.8, 4) is 11.1 Å². The number of aliphatic hydroxyl groups excluding tert-OH is 1. The largest absolute Gasteiger partial charge is 0.390 e. The highest BCUT2D eigenvalue weighted by molar-refractivity contribution is 5.88. The van der Waals surface area contributed by atoms with Gasteiger partial charge in [-0.1, -0.05) is 113 Å². The van der Waals surface area contributed by atoms with Gasteiger partial charge in [0, 0.05) is 34.7 Å². The molecule has 0 saturated heterocycles. The minimum atomic E-state index is -1.17. The summed E-state index contributed by atoms with van der Waals surface area (Å²) < 4.78 is 0. The van der Waals surface area contributed by atoms with E-state index in [1.165, 1.54) is 14.8 Å². The minimum absolute atomic E-state index is 0.111. The van der Waals surface area contributed by atoms with Gasteiger partial charge in [0.1, 0.15) is 12.1 Å². The van der Waals surface area contributed by atoms with Crippen LogP contribution in [0.2, 0.25) is 0 Å². The molecule has 3 aromatic carbocycles. The van der Waals surface area contributed by atoms with Gasteiger partial charge in [0.05, 0.1) is 18.7 Å². The predicted octanol–water partition coefficient (Wildman–Crippen LogP) is 3.87. The molecule has 0 radical (unpaired) electrons. The Morgan fingerprint density at radius 2 is 1.18 bits per heavy atom. The van der Waals surface area contributed by atoms with Gasteiger partial charge >= 0.3 is 12.1 Å². The molecular weight excluding hydrogens is 646 g/mol. The molecule has 276 valence electrons. The monoisotopic (exact) mass is 701 g/mol. The Balaban J connectivity index is 1.95. The Hall–Kier alpha value is -4.94. The number of amides is 6. The van der Waals surface area contributed by atoms with E-state index in [0.29, 0.717) is 6.42 Å². The third kappa shape index (κ3) is 12.1. The van der Waals surface area contributed by atoms with E-state index in [4.69, 9.17) is 0 Å². The van der Waals surface area contributed by atoms with E-state index in [9.17, 15) is 24.3 Å². The van der Waals surface area contributed by atoms with Crippen molar-refractivity contribution in [2.24, 2.45) is 11.8 Å². The Morgan fingerprint density at radius 3 is 1.73 bits per heavy atom. The molecule has 0 bridgehead atoms. The summed E-state index contributed by atoms with van der Waals surface area (Å²) >= 11 is 0. The van der Waals surface area contributed by atoms with Crippen LogP contribution in [-0.4, -0.2) is 103 Å². The fourth-order valence-electron chi connectivity index (χ4n) is 5.45. The molecule has 3 rings (SSSR count). The number of aliphatic hydroxyl groups is 1. The van der Waals surface area contributed by atoms with Crippen LogP contribution in [-0.2, 0) is 22.6 Å². The van der Waals surface area contributed by atoms with Gasteiger partial charge in [-0.3, -0.25) is 14.6 Å². The van der Waals surface area contributed by atoms with Gasteiger partial charge in [-0.05, 0) is 40.5 Å². The Morgan fingerprint density at radius 1 is 0.667 bits per heavy atom. The highest BCUT2D eigenvalue weighted by Crippen LogP contribution is 2.25. The Labute approximate surface area is 302 Å². The van der Waals surface area contributed by atoms with Crippen LogP contribution in [0, 0.1) is 11.8 Å². The first-order valence-corrected chi connectivity index (χ1v) is 17.4. The van der Waals surface area contributed by atoms with Crippen molar-refractivity contribution in [1.29, 1.82) is 0 Å². The van der Waals surface area contributed by atoms with Crippen LogP contribution in [0.1, 0.15) is 38.8 Å². The molecule has 0 aliphatic carbocycles. The van der Waals surface area contributed by atoms with E-state index < -0.39 is 42.2 Å². The van der Waals surface area contributed by atoms with Crippen molar-refractivity contribution < 1.29 is 24.3 Å². The average Bonchev–Trinajstić information content (AvgIpc) is 3.10. The lowest BCUT2D eigenvalue weighted by Gasteiger charge is -2.33. The topological polar surface area (TPSA) is 146 Å². The van der Waals surface area contributed by atoms with Crippen LogP contribution in [0.5, 0.6) is 0 Å². The van der Waals surface area contributed by atoms with Crippen LogP contribution in [0.3, 0.4) is 0 Å². The molecule has 4 atom stereocenters. The van der Waals surface area contributed by atoms with Crippen molar-refractivity contribution in [3.63, 3.8) is 0 Å². The third-order valence-corrected chi connectivity index (χ3v) is 8.53. The molecule has 51 heavy (non-hydrogen) atoms. The number of carbonyl (C=O) groups is 4. The second-order valence-corrected chi connectivity index (χ2v) is 13.8. The van der Waals surface area contributed by atoms with Crippen LogP contribution >= 0.6 is 0 Å². The lowest BCUT2D eigenvalue weighted by atomic mass is 9.98. The molecule has 0 aromatic heterocycles. The van der Waals surface area contributed by atoms with Gasteiger partial charge in [0.15, 0.2) is 0 Å². The molecule has 0 saturated carbocycles. The molecule has 3 aromatic rings. The van der Waals surface area contributed by atoms with E-state index in [1.807, 2.05) is 113 Å². The normalized spacial score (nSPS) is 13.5. The van der Waals surface area contributed by atoms with Crippen LogP contribution in [0.15, 0.2) is 84.9 Å². The quantitative estimate of drug-likeness (QED) is 0.144. The highest BCUT2D eigenvalue weighted by Gasteiger charge is 2.33. The summed E-state index contributed by atoms with van der Waals surface area (Å²) in [6.07, 6.45) is -0.875. The zero-order chi connectivity index (χ0) is 37.7. The molecule has 0 heterocycles. The first kappa shape index (κ1) is 40.5. The predicted molar refractivity (Wildman–Crippen MR) is 200 cm³/mol. The highest BCUT2D eigenvalue weighted by atomic mass is 16.3. The molecule has 6 amide bonds. The molecule has 12 nitrogen and oxygen atoms in total. The number of nitrogens with zero attached hydrogens (tertiary/aromatic N) is 3. The molecule has 0 fully saturated rings. The summed E-state index contributed by atoms with van der Waals surface area (Å²) in [5.74, 6) is -1.30. The lowest BCUT2D eigenvalue weighted by Crippen LogP contribution is -2.60. The van der Waals surface area contributed by atoms with Crippen molar-refractivity contribution in [2.45, 2.75) is 64.9 Å². The zero-order valence-corrected chi connectivity index (χ0v) is 31.1. The van der Waals surface area contributed by atoms with Crippen molar-refractivity contribution in [1.82, 2.24) is 36.2 Å². The van der Waals surface area contributed by atoms with Crippen molar-refractivity contribution in [3.05, 3.63) is 96.1 Å². The van der Waals surface area contributed by atoms with Gasteiger partial charge in [-0.2, -0.15) is 0 Å². The van der Waals surface area contributed by atoms with E-state index >= 15 is 0 Å². The zero-order valence-electron chi connectivity index (χ0n) is 31.1. The molecule has 12 heteroatoms. The van der Waals surface area contributed by atoms with Crippen molar-refractivity contribution in [2.75, 3.05) is 34.7 Å². The smallest absolute Gasteiger partial charge is 0.317 e. The van der Waals surface area contributed by atoms with Crippen molar-refractivity contribution >= 4 is 23.9 Å². The summed E-state index contributed by atoms with van der Waals surface area (Å²) in [4.78, 5) is 55.9. The standard InChI is InChI=1S/C39H55N7O5/c1-26(2)34(42-38(50)44(5)6)36(48)41-32(23-28-17-11-9-12-18-28)33(47)24-40-46(37(49)35(27(3)4)43-39(51)45(7)8)25-30-21-15-16-22-31(30)29-19-13-10-14-20-29/h9-22,26-27,32-35,40,47H,23-25H2,1-8H3,(H,41,48)(H,42,50)(H,43,51)/t32-,33?,34-,35-/m0/s1. The van der Waals surface area contributed by atoms with Gasteiger partial charge in [-0.15, -0.1) is 0 Å². The Kier molecular flexibility index (Phi) is 15.4.